The van der Waals surface area contributed by atoms with Crippen molar-refractivity contribution in [2.24, 2.45) is 15.7 Å². The summed E-state index contributed by atoms with van der Waals surface area (Å²) in [6.45, 7) is 7.40. The molecule has 0 amide bonds. The number of nitrogens with zero attached hydrogens (tertiary/aromatic N) is 2. The Morgan fingerprint density at radius 2 is 1.96 bits per heavy atom. The van der Waals surface area contributed by atoms with Gasteiger partial charge in [-0.25, -0.2) is 0 Å². The van der Waals surface area contributed by atoms with Gasteiger partial charge in [-0.15, -0.1) is 0 Å². The first-order chi connectivity index (χ1) is 12.1. The van der Waals surface area contributed by atoms with Crippen molar-refractivity contribution in [1.29, 1.82) is 0 Å². The van der Waals surface area contributed by atoms with E-state index in [1.165, 1.54) is 6.20 Å². The van der Waals surface area contributed by atoms with E-state index in [-0.39, 0.29) is 0 Å². The molecule has 4 nitrogen and oxygen atoms in total. The van der Waals surface area contributed by atoms with Gasteiger partial charge in [-0.3, -0.25) is 9.98 Å². The van der Waals surface area contributed by atoms with Gasteiger partial charge in [-0.05, 0) is 50.6 Å². The minimum atomic E-state index is 0.670. The summed E-state index contributed by atoms with van der Waals surface area (Å²) in [7, 11) is 1.75. The number of allylic oxidation sites excluding steroid dienone is 6. The highest BCUT2D eigenvalue weighted by atomic mass is 16.5. The van der Waals surface area contributed by atoms with Gasteiger partial charge in [0.25, 0.3) is 0 Å². The van der Waals surface area contributed by atoms with Crippen LogP contribution in [-0.2, 0) is 0 Å². The second-order valence-electron chi connectivity index (χ2n) is 5.75. The molecule has 2 rings (SSSR count). The highest BCUT2D eigenvalue weighted by molar-refractivity contribution is 6.30. The van der Waals surface area contributed by atoms with Crippen molar-refractivity contribution >= 4 is 11.4 Å². The first-order valence-electron chi connectivity index (χ1n) is 8.30. The van der Waals surface area contributed by atoms with Crippen LogP contribution in [0.4, 0.5) is 0 Å². The van der Waals surface area contributed by atoms with Crippen molar-refractivity contribution in [1.82, 2.24) is 0 Å². The van der Waals surface area contributed by atoms with E-state index in [9.17, 15) is 0 Å². The predicted molar refractivity (Wildman–Crippen MR) is 106 cm³/mol. The van der Waals surface area contributed by atoms with Gasteiger partial charge in [0.2, 0.25) is 0 Å². The van der Waals surface area contributed by atoms with E-state index in [0.717, 1.165) is 46.9 Å². The fourth-order valence-corrected chi connectivity index (χ4v) is 2.73. The maximum Gasteiger partial charge on any atom is 0.126 e. The first kappa shape index (κ1) is 18.5. The molecule has 25 heavy (non-hydrogen) atoms. The highest BCUT2D eigenvalue weighted by Gasteiger charge is 2.15. The summed E-state index contributed by atoms with van der Waals surface area (Å²) in [5.74, 6) is 1.79. The van der Waals surface area contributed by atoms with Crippen molar-refractivity contribution in [3.63, 3.8) is 0 Å². The molecule has 1 aromatic carbocycles. The van der Waals surface area contributed by atoms with Gasteiger partial charge in [0.05, 0.1) is 5.71 Å². The Bertz CT molecular complexity index is 774. The van der Waals surface area contributed by atoms with E-state index in [4.69, 9.17) is 10.5 Å². The average Bonchev–Trinajstić information content (AvgIpc) is 2.61. The molecule has 1 aromatic rings. The molecule has 1 aliphatic rings. The third-order valence-electron chi connectivity index (χ3n) is 3.85. The van der Waals surface area contributed by atoms with Gasteiger partial charge in [-0.1, -0.05) is 18.7 Å². The second kappa shape index (κ2) is 8.83. The Morgan fingerprint density at radius 3 is 2.48 bits per heavy atom. The Labute approximate surface area is 149 Å². The standard InChI is InChI=1S/C21H25N3O/c1-5-24-16(3)20(15(2)22)21(23-4)17-11-13-19(14-12-17)25-18-9-7-6-8-10-18/h5-7,9,11-14H,1,8,10,22H2,2-4H3/b20-15-,23-21-,24-16-. The smallest absolute Gasteiger partial charge is 0.126 e. The molecule has 4 heteroatoms. The molecule has 0 fully saturated rings. The molecule has 2 N–H and O–H groups in total. The molecule has 130 valence electrons. The summed E-state index contributed by atoms with van der Waals surface area (Å²) in [5, 5.41) is 0. The van der Waals surface area contributed by atoms with E-state index in [2.05, 4.69) is 22.6 Å². The number of hydrogen-bond donors (Lipinski definition) is 1. The van der Waals surface area contributed by atoms with Crippen molar-refractivity contribution in [2.45, 2.75) is 26.7 Å². The van der Waals surface area contributed by atoms with Crippen molar-refractivity contribution < 1.29 is 4.74 Å². The molecule has 0 bridgehead atoms. The fraction of sp³-hybridized carbons (Fsp3) is 0.238. The van der Waals surface area contributed by atoms with Gasteiger partial charge in [0.15, 0.2) is 0 Å². The van der Waals surface area contributed by atoms with Crippen molar-refractivity contribution in [2.75, 3.05) is 7.05 Å². The number of rotatable bonds is 6. The fourth-order valence-electron chi connectivity index (χ4n) is 2.73. The van der Waals surface area contributed by atoms with Gasteiger partial charge in [0, 0.05) is 42.2 Å². The zero-order valence-corrected chi connectivity index (χ0v) is 15.1. The van der Waals surface area contributed by atoms with Gasteiger partial charge in [-0.2, -0.15) is 0 Å². The number of benzene rings is 1. The van der Waals surface area contributed by atoms with Crippen LogP contribution in [0.2, 0.25) is 0 Å². The van der Waals surface area contributed by atoms with E-state index in [1.54, 1.807) is 7.05 Å². The lowest BCUT2D eigenvalue weighted by molar-refractivity contribution is 0.402. The number of ether oxygens (including phenoxy) is 1. The van der Waals surface area contributed by atoms with Crippen LogP contribution in [-0.4, -0.2) is 18.5 Å². The molecule has 0 radical (unpaired) electrons. The molecule has 0 unspecified atom stereocenters. The van der Waals surface area contributed by atoms with Crippen LogP contribution < -0.4 is 10.5 Å². The maximum atomic E-state index is 6.08. The molecular weight excluding hydrogens is 310 g/mol. The number of nitrogens with two attached hydrogens (primary N) is 1. The summed E-state index contributed by atoms with van der Waals surface area (Å²) in [5.41, 5.74) is 10.1. The van der Waals surface area contributed by atoms with Crippen LogP contribution in [0, 0.1) is 0 Å². The van der Waals surface area contributed by atoms with Crippen LogP contribution in [0.1, 0.15) is 32.3 Å². The lowest BCUT2D eigenvalue weighted by atomic mass is 9.97. The molecule has 0 saturated carbocycles. The van der Waals surface area contributed by atoms with Crippen LogP contribution in [0.5, 0.6) is 5.75 Å². The molecule has 0 aromatic heterocycles. The Hall–Kier alpha value is -2.88. The zero-order chi connectivity index (χ0) is 18.2. The summed E-state index contributed by atoms with van der Waals surface area (Å²) in [4.78, 5) is 8.69. The number of aliphatic imine (C=N–C) groups is 2. The number of hydrogen-bond acceptors (Lipinski definition) is 4. The van der Waals surface area contributed by atoms with Crippen LogP contribution >= 0.6 is 0 Å². The van der Waals surface area contributed by atoms with E-state index in [0.29, 0.717) is 5.70 Å². The van der Waals surface area contributed by atoms with Crippen LogP contribution in [0.3, 0.4) is 0 Å². The lowest BCUT2D eigenvalue weighted by Gasteiger charge is -2.14. The second-order valence-corrected chi connectivity index (χ2v) is 5.75. The van der Waals surface area contributed by atoms with Crippen molar-refractivity contribution in [3.8, 4) is 5.75 Å². The Balaban J connectivity index is 2.28. The monoisotopic (exact) mass is 335 g/mol. The Kier molecular flexibility index (Phi) is 6.52. The molecule has 0 spiro atoms. The summed E-state index contributed by atoms with van der Waals surface area (Å²) < 4.78 is 5.91. The molecule has 0 saturated heterocycles. The van der Waals surface area contributed by atoms with Crippen molar-refractivity contribution in [3.05, 3.63) is 77.9 Å². The predicted octanol–water partition coefficient (Wildman–Crippen LogP) is 4.56. The molecule has 0 atom stereocenters. The molecule has 0 aliphatic heterocycles. The third-order valence-corrected chi connectivity index (χ3v) is 3.85. The molecular formula is C21H25N3O. The largest absolute Gasteiger partial charge is 0.462 e. The minimum Gasteiger partial charge on any atom is -0.462 e. The molecule has 0 heterocycles. The summed E-state index contributed by atoms with van der Waals surface area (Å²) in [6.07, 6.45) is 9.62. The highest BCUT2D eigenvalue weighted by Crippen LogP contribution is 2.22. The van der Waals surface area contributed by atoms with Gasteiger partial charge < -0.3 is 10.5 Å². The average molecular weight is 335 g/mol. The van der Waals surface area contributed by atoms with Crippen LogP contribution in [0.25, 0.3) is 0 Å². The van der Waals surface area contributed by atoms with E-state index < -0.39 is 0 Å². The maximum absolute atomic E-state index is 6.08. The summed E-state index contributed by atoms with van der Waals surface area (Å²) in [6, 6.07) is 7.87. The zero-order valence-electron chi connectivity index (χ0n) is 15.1. The minimum absolute atomic E-state index is 0.670. The third kappa shape index (κ3) is 4.80. The van der Waals surface area contributed by atoms with Gasteiger partial charge in [0.1, 0.15) is 11.5 Å². The van der Waals surface area contributed by atoms with Gasteiger partial charge >= 0.3 is 0 Å². The molecule has 1 aliphatic carbocycles. The summed E-state index contributed by atoms with van der Waals surface area (Å²) >= 11 is 0. The Morgan fingerprint density at radius 1 is 1.24 bits per heavy atom. The van der Waals surface area contributed by atoms with E-state index in [1.807, 2.05) is 50.3 Å². The topological polar surface area (TPSA) is 60.0 Å². The first-order valence-corrected chi connectivity index (χ1v) is 8.30. The lowest BCUT2D eigenvalue weighted by Crippen LogP contribution is -2.17. The normalized spacial score (nSPS) is 16.2. The van der Waals surface area contributed by atoms with Crippen LogP contribution in [0.15, 0.2) is 82.3 Å². The van der Waals surface area contributed by atoms with E-state index >= 15 is 0 Å². The quantitative estimate of drug-likeness (QED) is 0.775. The SMILES string of the molecule is C=C\N=C(C)/C(C(=N\C)/c1ccc(OC2=CC=CCC2)cc1)=C(\C)N.